The number of nitrogens with zero attached hydrogens (tertiary/aromatic N) is 2. The van der Waals surface area contributed by atoms with Gasteiger partial charge in [-0.25, -0.2) is 9.59 Å². The van der Waals surface area contributed by atoms with Crippen molar-refractivity contribution in [2.24, 2.45) is 0 Å². The molecule has 0 amide bonds. The van der Waals surface area contributed by atoms with E-state index < -0.39 is 17.5 Å². The maximum absolute atomic E-state index is 10.9. The molecule has 2 N–H and O–H groups in total. The molecule has 0 aromatic heterocycles. The average molecular weight is 242 g/mol. The Kier molecular flexibility index (Phi) is 3.80. The van der Waals surface area contributed by atoms with Crippen LogP contribution in [0.25, 0.3) is 6.08 Å². The van der Waals surface area contributed by atoms with Crippen LogP contribution in [0.2, 0.25) is 0 Å². The van der Waals surface area contributed by atoms with Gasteiger partial charge in [0.1, 0.15) is 17.7 Å². The number of carbonyl (C=O) groups is 2. The Hall–Kier alpha value is -3.12. The van der Waals surface area contributed by atoms with Crippen molar-refractivity contribution in [2.45, 2.75) is 0 Å². The van der Waals surface area contributed by atoms with E-state index in [-0.39, 0.29) is 16.7 Å². The Balaban J connectivity index is 3.39. The third-order valence-electron chi connectivity index (χ3n) is 2.06. The zero-order valence-electron chi connectivity index (χ0n) is 8.91. The second-order valence-corrected chi connectivity index (χ2v) is 3.20. The summed E-state index contributed by atoms with van der Waals surface area (Å²) in [4.78, 5) is 21.7. The first-order valence-corrected chi connectivity index (χ1v) is 4.62. The highest BCUT2D eigenvalue weighted by molar-refractivity contribution is 6.02. The highest BCUT2D eigenvalue weighted by atomic mass is 16.4. The molecule has 0 radical (unpaired) electrons. The van der Waals surface area contributed by atoms with Gasteiger partial charge in [-0.1, -0.05) is 6.07 Å². The van der Waals surface area contributed by atoms with E-state index in [0.29, 0.717) is 0 Å². The summed E-state index contributed by atoms with van der Waals surface area (Å²) in [6.45, 7) is 0. The van der Waals surface area contributed by atoms with Crippen molar-refractivity contribution in [3.8, 4) is 12.1 Å². The zero-order valence-corrected chi connectivity index (χ0v) is 8.91. The molecule has 18 heavy (non-hydrogen) atoms. The van der Waals surface area contributed by atoms with Gasteiger partial charge in [0.05, 0.1) is 11.1 Å². The molecular formula is C12H6N2O4. The molecule has 0 aliphatic rings. The summed E-state index contributed by atoms with van der Waals surface area (Å²) in [7, 11) is 0. The minimum atomic E-state index is -1.39. The number of hydrogen-bond donors (Lipinski definition) is 2. The largest absolute Gasteiger partial charge is 0.478 e. The van der Waals surface area contributed by atoms with Gasteiger partial charge in [0, 0.05) is 0 Å². The Morgan fingerprint density at radius 1 is 1.06 bits per heavy atom. The van der Waals surface area contributed by atoms with Gasteiger partial charge >= 0.3 is 11.9 Å². The molecule has 1 rings (SSSR count). The second kappa shape index (κ2) is 5.28. The lowest BCUT2D eigenvalue weighted by Gasteiger charge is -2.02. The van der Waals surface area contributed by atoms with Crippen molar-refractivity contribution in [2.75, 3.05) is 0 Å². The van der Waals surface area contributed by atoms with Crippen LogP contribution in [0.5, 0.6) is 0 Å². The van der Waals surface area contributed by atoms with Crippen LogP contribution in [0.3, 0.4) is 0 Å². The summed E-state index contributed by atoms with van der Waals surface area (Å²) in [5.74, 6) is -2.75. The average Bonchev–Trinajstić information content (AvgIpc) is 2.35. The van der Waals surface area contributed by atoms with Crippen LogP contribution in [0, 0.1) is 22.7 Å². The molecule has 0 heterocycles. The summed E-state index contributed by atoms with van der Waals surface area (Å²) < 4.78 is 0. The predicted octanol–water partition coefficient (Wildman–Crippen LogP) is 1.51. The van der Waals surface area contributed by atoms with Gasteiger partial charge in [0.15, 0.2) is 0 Å². The normalized spacial score (nSPS) is 8.78. The van der Waals surface area contributed by atoms with Crippen molar-refractivity contribution < 1.29 is 19.8 Å². The molecular weight excluding hydrogens is 236 g/mol. The summed E-state index contributed by atoms with van der Waals surface area (Å²) in [6.07, 6.45) is 1.18. The van der Waals surface area contributed by atoms with Gasteiger partial charge in [0.25, 0.3) is 0 Å². The van der Waals surface area contributed by atoms with E-state index >= 15 is 0 Å². The fraction of sp³-hybridized carbons (Fsp3) is 0. The Morgan fingerprint density at radius 2 is 1.61 bits per heavy atom. The molecule has 0 atom stereocenters. The summed E-state index contributed by atoms with van der Waals surface area (Å²) in [5.41, 5.74) is -0.675. The van der Waals surface area contributed by atoms with Crippen molar-refractivity contribution in [1.29, 1.82) is 10.5 Å². The molecule has 0 spiro atoms. The Morgan fingerprint density at radius 3 is 2.06 bits per heavy atom. The first-order chi connectivity index (χ1) is 8.49. The fourth-order valence-corrected chi connectivity index (χ4v) is 1.27. The van der Waals surface area contributed by atoms with Gasteiger partial charge in [0.2, 0.25) is 0 Å². The van der Waals surface area contributed by atoms with Crippen molar-refractivity contribution in [3.63, 3.8) is 0 Å². The fourth-order valence-electron chi connectivity index (χ4n) is 1.27. The maximum Gasteiger partial charge on any atom is 0.336 e. The first-order valence-electron chi connectivity index (χ1n) is 4.62. The van der Waals surface area contributed by atoms with Crippen LogP contribution in [-0.2, 0) is 0 Å². The minimum absolute atomic E-state index is 0.200. The van der Waals surface area contributed by atoms with E-state index in [1.165, 1.54) is 12.1 Å². The van der Waals surface area contributed by atoms with E-state index in [4.69, 9.17) is 20.7 Å². The number of nitriles is 2. The van der Waals surface area contributed by atoms with E-state index in [1.54, 1.807) is 12.1 Å². The van der Waals surface area contributed by atoms with Gasteiger partial charge in [-0.2, -0.15) is 10.5 Å². The molecule has 6 nitrogen and oxygen atoms in total. The molecule has 0 bridgehead atoms. The number of rotatable bonds is 3. The highest BCUT2D eigenvalue weighted by Crippen LogP contribution is 2.15. The monoisotopic (exact) mass is 242 g/mol. The van der Waals surface area contributed by atoms with E-state index in [9.17, 15) is 9.59 Å². The third kappa shape index (κ3) is 2.71. The number of aromatic carboxylic acids is 2. The lowest BCUT2D eigenvalue weighted by molar-refractivity contribution is 0.0651. The molecule has 0 aliphatic carbocycles. The van der Waals surface area contributed by atoms with Crippen LogP contribution in [0.1, 0.15) is 26.3 Å². The maximum atomic E-state index is 10.9. The van der Waals surface area contributed by atoms with E-state index in [0.717, 1.165) is 12.1 Å². The minimum Gasteiger partial charge on any atom is -0.478 e. The van der Waals surface area contributed by atoms with Crippen LogP contribution < -0.4 is 0 Å². The number of carboxylic acids is 2. The second-order valence-electron chi connectivity index (χ2n) is 3.20. The molecule has 0 fully saturated rings. The molecule has 0 saturated heterocycles. The van der Waals surface area contributed by atoms with Crippen LogP contribution in [0.15, 0.2) is 23.8 Å². The van der Waals surface area contributed by atoms with Crippen molar-refractivity contribution in [1.82, 2.24) is 0 Å². The van der Waals surface area contributed by atoms with Crippen molar-refractivity contribution in [3.05, 3.63) is 40.5 Å². The summed E-state index contributed by atoms with van der Waals surface area (Å²) >= 11 is 0. The van der Waals surface area contributed by atoms with Gasteiger partial charge in [-0.3, -0.25) is 0 Å². The van der Waals surface area contributed by atoms with E-state index in [2.05, 4.69) is 0 Å². The van der Waals surface area contributed by atoms with Crippen LogP contribution in [0.4, 0.5) is 0 Å². The smallest absolute Gasteiger partial charge is 0.336 e. The Labute approximate surface area is 102 Å². The molecule has 0 saturated carbocycles. The lowest BCUT2D eigenvalue weighted by atomic mass is 10.0. The third-order valence-corrected chi connectivity index (χ3v) is 2.06. The van der Waals surface area contributed by atoms with Crippen LogP contribution in [-0.4, -0.2) is 22.2 Å². The quantitative estimate of drug-likeness (QED) is 0.774. The number of carboxylic acid groups (broad SMARTS) is 2. The summed E-state index contributed by atoms with van der Waals surface area (Å²) in [6, 6.07) is 6.78. The molecule has 6 heteroatoms. The summed E-state index contributed by atoms with van der Waals surface area (Å²) in [5, 5.41) is 34.8. The Bertz CT molecular complexity index is 616. The number of benzene rings is 1. The molecule has 0 unspecified atom stereocenters. The van der Waals surface area contributed by atoms with Crippen molar-refractivity contribution >= 4 is 18.0 Å². The SMILES string of the molecule is N#CC(C#N)=Cc1ccc(C(=O)O)c(C(=O)O)c1. The van der Waals surface area contributed by atoms with Crippen LogP contribution >= 0.6 is 0 Å². The topological polar surface area (TPSA) is 122 Å². The lowest BCUT2D eigenvalue weighted by Crippen LogP contribution is -2.08. The van der Waals surface area contributed by atoms with E-state index in [1.807, 2.05) is 0 Å². The number of allylic oxidation sites excluding steroid dienone is 1. The first kappa shape index (κ1) is 12.9. The van der Waals surface area contributed by atoms with Gasteiger partial charge in [-0.15, -0.1) is 0 Å². The highest BCUT2D eigenvalue weighted by Gasteiger charge is 2.15. The molecule has 1 aromatic carbocycles. The van der Waals surface area contributed by atoms with Gasteiger partial charge in [-0.05, 0) is 23.8 Å². The molecule has 88 valence electrons. The van der Waals surface area contributed by atoms with Gasteiger partial charge < -0.3 is 10.2 Å². The predicted molar refractivity (Wildman–Crippen MR) is 59.6 cm³/mol. The molecule has 0 aliphatic heterocycles. The standard InChI is InChI=1S/C12H6N2O4/c13-5-8(6-14)3-7-1-2-9(11(15)16)10(4-7)12(17)18/h1-4H,(H,15,16)(H,17,18). The zero-order chi connectivity index (χ0) is 13.7. The molecule has 1 aromatic rings. The number of hydrogen-bond acceptors (Lipinski definition) is 4.